The van der Waals surface area contributed by atoms with Crippen molar-refractivity contribution < 1.29 is 9.90 Å². The molecule has 3 N–H and O–H groups in total. The lowest BCUT2D eigenvalue weighted by Crippen LogP contribution is -2.26. The first kappa shape index (κ1) is 13.8. The topological polar surface area (TPSA) is 92.3 Å². The van der Waals surface area contributed by atoms with Crippen LogP contribution in [0.15, 0.2) is 36.7 Å². The summed E-state index contributed by atoms with van der Waals surface area (Å²) < 4.78 is 0. The molecule has 0 saturated heterocycles. The molecular formula is C14H16N4O2. The van der Waals surface area contributed by atoms with Gasteiger partial charge in [-0.25, -0.2) is 9.78 Å². The average molecular weight is 272 g/mol. The van der Waals surface area contributed by atoms with E-state index in [4.69, 9.17) is 5.73 Å². The molecule has 6 nitrogen and oxygen atoms in total. The number of aromatic carboxylic acids is 1. The fraction of sp³-hybridized carbons (Fsp3) is 0.214. The quantitative estimate of drug-likeness (QED) is 0.862. The zero-order valence-corrected chi connectivity index (χ0v) is 11.2. The molecule has 0 aliphatic rings. The third kappa shape index (κ3) is 3.03. The van der Waals surface area contributed by atoms with Gasteiger partial charge in [0.15, 0.2) is 0 Å². The summed E-state index contributed by atoms with van der Waals surface area (Å²) in [7, 11) is 0. The van der Waals surface area contributed by atoms with Crippen LogP contribution in [-0.2, 0) is 6.54 Å². The normalized spacial score (nSPS) is 10.2. The van der Waals surface area contributed by atoms with Gasteiger partial charge in [-0.2, -0.15) is 0 Å². The van der Waals surface area contributed by atoms with Gasteiger partial charge in [0, 0.05) is 12.7 Å². The number of carbonyl (C=O) groups is 1. The minimum absolute atomic E-state index is 0.0998. The molecule has 2 aromatic heterocycles. The Hall–Kier alpha value is -2.63. The molecule has 0 aliphatic carbocycles. The van der Waals surface area contributed by atoms with Crippen LogP contribution in [0.25, 0.3) is 0 Å². The summed E-state index contributed by atoms with van der Waals surface area (Å²) in [4.78, 5) is 21.6. The van der Waals surface area contributed by atoms with Crippen molar-refractivity contribution in [2.24, 2.45) is 0 Å². The molecule has 0 saturated carbocycles. The Kier molecular flexibility index (Phi) is 4.14. The summed E-state index contributed by atoms with van der Waals surface area (Å²) in [6, 6.07) is 7.04. The lowest BCUT2D eigenvalue weighted by Gasteiger charge is -2.23. The van der Waals surface area contributed by atoms with Gasteiger partial charge in [0.25, 0.3) is 0 Å². The van der Waals surface area contributed by atoms with Crippen LogP contribution in [0.2, 0.25) is 0 Å². The number of anilines is 2. The van der Waals surface area contributed by atoms with Crippen LogP contribution in [0.4, 0.5) is 11.5 Å². The van der Waals surface area contributed by atoms with Crippen LogP contribution in [0.5, 0.6) is 0 Å². The third-order valence-corrected chi connectivity index (χ3v) is 2.88. The van der Waals surface area contributed by atoms with Crippen LogP contribution in [0, 0.1) is 0 Å². The fourth-order valence-corrected chi connectivity index (χ4v) is 1.91. The van der Waals surface area contributed by atoms with Crippen LogP contribution in [0.1, 0.15) is 23.0 Å². The first-order valence-electron chi connectivity index (χ1n) is 6.25. The molecule has 20 heavy (non-hydrogen) atoms. The fourth-order valence-electron chi connectivity index (χ4n) is 1.91. The van der Waals surface area contributed by atoms with Crippen LogP contribution < -0.4 is 10.6 Å². The number of carboxylic acids is 1. The van der Waals surface area contributed by atoms with Crippen molar-refractivity contribution in [1.29, 1.82) is 0 Å². The van der Waals surface area contributed by atoms with Gasteiger partial charge < -0.3 is 15.7 Å². The number of hydrogen-bond acceptors (Lipinski definition) is 5. The van der Waals surface area contributed by atoms with E-state index in [0.29, 0.717) is 24.6 Å². The Balaban J connectivity index is 2.34. The van der Waals surface area contributed by atoms with Gasteiger partial charge in [0.1, 0.15) is 11.4 Å². The zero-order chi connectivity index (χ0) is 14.5. The number of nitrogen functional groups attached to an aromatic ring is 1. The van der Waals surface area contributed by atoms with Crippen molar-refractivity contribution in [2.75, 3.05) is 17.2 Å². The van der Waals surface area contributed by atoms with E-state index >= 15 is 0 Å². The first-order chi connectivity index (χ1) is 9.61. The maximum absolute atomic E-state index is 11.3. The van der Waals surface area contributed by atoms with Crippen molar-refractivity contribution in [3.05, 3.63) is 47.9 Å². The molecule has 2 aromatic rings. The molecule has 0 atom stereocenters. The molecule has 0 amide bonds. The molecule has 0 fully saturated rings. The second-order valence-electron chi connectivity index (χ2n) is 4.28. The van der Waals surface area contributed by atoms with Gasteiger partial charge in [0.05, 0.1) is 24.1 Å². The molecule has 2 heterocycles. The average Bonchev–Trinajstić information content (AvgIpc) is 2.46. The highest BCUT2D eigenvalue weighted by Crippen LogP contribution is 2.21. The van der Waals surface area contributed by atoms with E-state index in [2.05, 4.69) is 9.97 Å². The number of pyridine rings is 2. The van der Waals surface area contributed by atoms with Crippen LogP contribution in [-0.4, -0.2) is 27.6 Å². The predicted molar refractivity (Wildman–Crippen MR) is 76.6 cm³/mol. The van der Waals surface area contributed by atoms with Crippen molar-refractivity contribution in [3.8, 4) is 0 Å². The second-order valence-corrected chi connectivity index (χ2v) is 4.28. The number of hydrogen-bond donors (Lipinski definition) is 2. The Labute approximate surface area is 116 Å². The maximum atomic E-state index is 11.3. The summed E-state index contributed by atoms with van der Waals surface area (Å²) in [5.41, 5.74) is 6.89. The van der Waals surface area contributed by atoms with Gasteiger partial charge in [0.2, 0.25) is 0 Å². The Morgan fingerprint density at radius 3 is 2.80 bits per heavy atom. The van der Waals surface area contributed by atoms with Gasteiger partial charge in [-0.3, -0.25) is 4.98 Å². The van der Waals surface area contributed by atoms with Crippen LogP contribution in [0.3, 0.4) is 0 Å². The summed E-state index contributed by atoms with van der Waals surface area (Å²) >= 11 is 0. The third-order valence-electron chi connectivity index (χ3n) is 2.88. The summed E-state index contributed by atoms with van der Waals surface area (Å²) in [6.45, 7) is 3.05. The molecule has 104 valence electrons. The number of aromatic nitrogens is 2. The van der Waals surface area contributed by atoms with E-state index in [1.165, 1.54) is 12.3 Å². The maximum Gasteiger partial charge on any atom is 0.339 e. The SMILES string of the molecule is CCN(Cc1ccccn1)c1ncc(N)cc1C(=O)O. The number of carboxylic acid groups (broad SMARTS) is 1. The van der Waals surface area contributed by atoms with Gasteiger partial charge in [-0.05, 0) is 25.1 Å². The molecular weight excluding hydrogens is 256 g/mol. The minimum atomic E-state index is -1.04. The van der Waals surface area contributed by atoms with E-state index in [0.717, 1.165) is 5.69 Å². The lowest BCUT2D eigenvalue weighted by atomic mass is 10.2. The van der Waals surface area contributed by atoms with Gasteiger partial charge in [-0.15, -0.1) is 0 Å². The Bertz CT molecular complexity index is 601. The van der Waals surface area contributed by atoms with E-state index < -0.39 is 5.97 Å². The Morgan fingerprint density at radius 1 is 1.40 bits per heavy atom. The highest BCUT2D eigenvalue weighted by atomic mass is 16.4. The number of rotatable bonds is 5. The predicted octanol–water partition coefficient (Wildman–Crippen LogP) is 1.78. The molecule has 6 heteroatoms. The van der Waals surface area contributed by atoms with Crippen LogP contribution >= 0.6 is 0 Å². The lowest BCUT2D eigenvalue weighted by molar-refractivity contribution is 0.0697. The standard InChI is InChI=1S/C14H16N4O2/c1-2-18(9-11-5-3-4-6-16-11)13-12(14(19)20)7-10(15)8-17-13/h3-8H,2,9,15H2,1H3,(H,19,20). The smallest absolute Gasteiger partial charge is 0.339 e. The molecule has 0 spiro atoms. The van der Waals surface area contributed by atoms with Gasteiger partial charge >= 0.3 is 5.97 Å². The largest absolute Gasteiger partial charge is 0.478 e. The molecule has 0 unspecified atom stereocenters. The zero-order valence-electron chi connectivity index (χ0n) is 11.2. The molecule has 0 aliphatic heterocycles. The molecule has 0 aromatic carbocycles. The van der Waals surface area contributed by atoms with Crippen molar-refractivity contribution in [1.82, 2.24) is 9.97 Å². The minimum Gasteiger partial charge on any atom is -0.478 e. The molecule has 0 radical (unpaired) electrons. The summed E-state index contributed by atoms with van der Waals surface area (Å²) in [5, 5.41) is 9.26. The number of nitrogens with two attached hydrogens (primary N) is 1. The summed E-state index contributed by atoms with van der Waals surface area (Å²) in [5.74, 6) is -0.640. The second kappa shape index (κ2) is 6.01. The van der Waals surface area contributed by atoms with Crippen molar-refractivity contribution in [2.45, 2.75) is 13.5 Å². The van der Waals surface area contributed by atoms with E-state index in [-0.39, 0.29) is 5.56 Å². The molecule has 2 rings (SSSR count). The first-order valence-corrected chi connectivity index (χ1v) is 6.25. The molecule has 0 bridgehead atoms. The van der Waals surface area contributed by atoms with Gasteiger partial charge in [-0.1, -0.05) is 6.07 Å². The number of nitrogens with zero attached hydrogens (tertiary/aromatic N) is 3. The van der Waals surface area contributed by atoms with E-state index in [1.807, 2.05) is 30.0 Å². The summed E-state index contributed by atoms with van der Waals surface area (Å²) in [6.07, 6.45) is 3.17. The highest BCUT2D eigenvalue weighted by Gasteiger charge is 2.17. The van der Waals surface area contributed by atoms with E-state index in [1.54, 1.807) is 6.20 Å². The van der Waals surface area contributed by atoms with Crippen molar-refractivity contribution >= 4 is 17.5 Å². The van der Waals surface area contributed by atoms with Crippen molar-refractivity contribution in [3.63, 3.8) is 0 Å². The monoisotopic (exact) mass is 272 g/mol. The Morgan fingerprint density at radius 2 is 2.20 bits per heavy atom. The highest BCUT2D eigenvalue weighted by molar-refractivity contribution is 5.94. The van der Waals surface area contributed by atoms with E-state index in [9.17, 15) is 9.90 Å².